The Morgan fingerprint density at radius 2 is 1.59 bits per heavy atom. The molecule has 0 aromatic heterocycles. The summed E-state index contributed by atoms with van der Waals surface area (Å²) in [6, 6.07) is 27.2. The summed E-state index contributed by atoms with van der Waals surface area (Å²) in [6.07, 6.45) is 2.79. The second-order valence-corrected chi connectivity index (χ2v) is 10.1. The van der Waals surface area contributed by atoms with Crippen molar-refractivity contribution in [1.29, 1.82) is 0 Å². The van der Waals surface area contributed by atoms with Gasteiger partial charge in [-0.25, -0.2) is 0 Å². The number of hydrogen-bond donors (Lipinski definition) is 1. The van der Waals surface area contributed by atoms with Crippen LogP contribution in [0.3, 0.4) is 0 Å². The molecule has 0 atom stereocenters. The van der Waals surface area contributed by atoms with E-state index in [2.05, 4.69) is 66.8 Å². The fraction of sp³-hybridized carbons (Fsp3) is 0.240. The molecule has 2 nitrogen and oxygen atoms in total. The fourth-order valence-electron chi connectivity index (χ4n) is 3.40. The molecule has 4 rings (SSSR count). The quantitative estimate of drug-likeness (QED) is 0.409. The van der Waals surface area contributed by atoms with Crippen LogP contribution in [-0.2, 0) is 16.0 Å². The topological polar surface area (TPSA) is 29.1 Å². The molecule has 1 aliphatic carbocycles. The summed E-state index contributed by atoms with van der Waals surface area (Å²) in [5, 5.41) is 3.03. The van der Waals surface area contributed by atoms with Crippen LogP contribution in [0.1, 0.15) is 30.9 Å². The summed E-state index contributed by atoms with van der Waals surface area (Å²) >= 11 is 3.76. The molecule has 1 N–H and O–H groups in total. The Bertz CT molecular complexity index is 948. The molecule has 0 heterocycles. The average Bonchev–Trinajstić information content (AvgIpc) is 3.51. The maximum absolute atomic E-state index is 12.4. The first kappa shape index (κ1) is 20.1. The third-order valence-electron chi connectivity index (χ3n) is 5.05. The number of anilines is 1. The summed E-state index contributed by atoms with van der Waals surface area (Å²) in [6.45, 7) is 2.14. The molecule has 0 radical (unpaired) electrons. The smallest absolute Gasteiger partial charge is 0.228 e. The lowest BCUT2D eigenvalue weighted by Gasteiger charge is -2.16. The van der Waals surface area contributed by atoms with Gasteiger partial charge in [0.25, 0.3) is 0 Å². The lowest BCUT2D eigenvalue weighted by Crippen LogP contribution is -2.14. The van der Waals surface area contributed by atoms with Crippen LogP contribution in [0.5, 0.6) is 0 Å². The Balaban J connectivity index is 1.35. The van der Waals surface area contributed by atoms with Gasteiger partial charge in [0.2, 0.25) is 5.91 Å². The Hall–Kier alpha value is -2.17. The van der Waals surface area contributed by atoms with Crippen LogP contribution < -0.4 is 5.32 Å². The van der Waals surface area contributed by atoms with Gasteiger partial charge in [-0.1, -0.05) is 49.4 Å². The van der Waals surface area contributed by atoms with Crippen LogP contribution in [0.25, 0.3) is 0 Å². The van der Waals surface area contributed by atoms with Gasteiger partial charge in [0.05, 0.1) is 6.42 Å². The Morgan fingerprint density at radius 3 is 2.21 bits per heavy atom. The van der Waals surface area contributed by atoms with Gasteiger partial charge < -0.3 is 5.32 Å². The number of carbonyl (C=O) groups excluding carboxylic acids is 1. The molecule has 0 saturated heterocycles. The van der Waals surface area contributed by atoms with Crippen LogP contribution in [-0.4, -0.2) is 11.7 Å². The summed E-state index contributed by atoms with van der Waals surface area (Å²) in [7, 11) is 0. The molecule has 1 fully saturated rings. The van der Waals surface area contributed by atoms with Gasteiger partial charge in [0.1, 0.15) is 0 Å². The zero-order valence-corrected chi connectivity index (χ0v) is 18.2. The highest BCUT2D eigenvalue weighted by molar-refractivity contribution is 8.00. The molecule has 1 amide bonds. The van der Waals surface area contributed by atoms with Gasteiger partial charge in [-0.15, -0.1) is 23.5 Å². The van der Waals surface area contributed by atoms with Gasteiger partial charge in [-0.2, -0.15) is 0 Å². The van der Waals surface area contributed by atoms with E-state index in [4.69, 9.17) is 0 Å². The number of thioether (sulfide) groups is 2. The number of hydrogen-bond acceptors (Lipinski definition) is 3. The maximum Gasteiger partial charge on any atom is 0.228 e. The normalized spacial score (nSPS) is 14.4. The highest BCUT2D eigenvalue weighted by atomic mass is 32.2. The summed E-state index contributed by atoms with van der Waals surface area (Å²) < 4.78 is 0.197. The number of amides is 1. The minimum atomic E-state index is 0.0217. The Kier molecular flexibility index (Phi) is 6.31. The van der Waals surface area contributed by atoms with Crippen LogP contribution in [0.15, 0.2) is 88.7 Å². The monoisotopic (exact) mass is 419 g/mol. The zero-order chi connectivity index (χ0) is 20.1. The van der Waals surface area contributed by atoms with Crippen molar-refractivity contribution in [2.75, 3.05) is 11.1 Å². The van der Waals surface area contributed by atoms with E-state index in [1.54, 1.807) is 0 Å². The minimum absolute atomic E-state index is 0.0217. The SMILES string of the molecule is CCSc1ccc(CC(=O)Nc2ccc(C3(Sc4ccccc4)CC3)cc2)cc1. The molecule has 148 valence electrons. The molecule has 1 aliphatic rings. The van der Waals surface area contributed by atoms with E-state index >= 15 is 0 Å². The molecule has 0 aliphatic heterocycles. The number of carbonyl (C=O) groups is 1. The van der Waals surface area contributed by atoms with Crippen molar-refractivity contribution in [2.45, 2.75) is 40.7 Å². The highest BCUT2D eigenvalue weighted by Crippen LogP contribution is 2.59. The predicted octanol–water partition coefficient (Wildman–Crippen LogP) is 6.76. The van der Waals surface area contributed by atoms with Crippen LogP contribution in [0.4, 0.5) is 5.69 Å². The fourth-order valence-corrected chi connectivity index (χ4v) is 5.36. The van der Waals surface area contributed by atoms with E-state index < -0.39 is 0 Å². The number of benzene rings is 3. The first-order chi connectivity index (χ1) is 14.2. The highest BCUT2D eigenvalue weighted by Gasteiger charge is 2.45. The third-order valence-corrected chi connectivity index (χ3v) is 7.49. The van der Waals surface area contributed by atoms with E-state index in [9.17, 15) is 4.79 Å². The lowest BCUT2D eigenvalue weighted by molar-refractivity contribution is -0.115. The van der Waals surface area contributed by atoms with Crippen LogP contribution >= 0.6 is 23.5 Å². The molecular weight excluding hydrogens is 394 g/mol. The van der Waals surface area contributed by atoms with Crippen molar-refractivity contribution in [1.82, 2.24) is 0 Å². The standard InChI is InChI=1S/C25H25NOS2/c1-2-28-22-14-8-19(9-15-22)18-24(27)26-21-12-10-20(11-13-21)25(16-17-25)29-23-6-4-3-5-7-23/h3-15H,2,16-18H2,1H3,(H,26,27). The van der Waals surface area contributed by atoms with E-state index in [0.717, 1.165) is 17.0 Å². The van der Waals surface area contributed by atoms with E-state index in [-0.39, 0.29) is 10.7 Å². The first-order valence-corrected chi connectivity index (χ1v) is 11.8. The van der Waals surface area contributed by atoms with Gasteiger partial charge in [0.15, 0.2) is 0 Å². The Labute approximate surface area is 181 Å². The van der Waals surface area contributed by atoms with Crippen molar-refractivity contribution in [3.63, 3.8) is 0 Å². The summed E-state index contributed by atoms with van der Waals surface area (Å²) in [5.74, 6) is 1.08. The molecule has 3 aromatic carbocycles. The summed E-state index contributed by atoms with van der Waals surface area (Å²) in [4.78, 5) is 15.0. The lowest BCUT2D eigenvalue weighted by atomic mass is 10.1. The van der Waals surface area contributed by atoms with Crippen molar-refractivity contribution in [3.05, 3.63) is 90.0 Å². The van der Waals surface area contributed by atoms with Crippen LogP contribution in [0, 0.1) is 0 Å². The molecule has 0 spiro atoms. The number of nitrogens with one attached hydrogen (secondary N) is 1. The molecule has 3 aromatic rings. The van der Waals surface area contributed by atoms with Crippen LogP contribution in [0.2, 0.25) is 0 Å². The van der Waals surface area contributed by atoms with Gasteiger partial charge in [-0.05, 0) is 66.1 Å². The molecule has 0 bridgehead atoms. The van der Waals surface area contributed by atoms with Crippen molar-refractivity contribution < 1.29 is 4.79 Å². The van der Waals surface area contributed by atoms with Crippen molar-refractivity contribution in [2.24, 2.45) is 0 Å². The second-order valence-electron chi connectivity index (χ2n) is 7.29. The summed E-state index contributed by atoms with van der Waals surface area (Å²) in [5.41, 5.74) is 3.24. The maximum atomic E-state index is 12.4. The van der Waals surface area contributed by atoms with Gasteiger partial charge >= 0.3 is 0 Å². The number of rotatable bonds is 8. The molecule has 29 heavy (non-hydrogen) atoms. The Morgan fingerprint density at radius 1 is 0.897 bits per heavy atom. The van der Waals surface area contributed by atoms with E-state index in [1.807, 2.05) is 47.8 Å². The van der Waals surface area contributed by atoms with Gasteiger partial charge in [0, 0.05) is 20.2 Å². The second kappa shape index (κ2) is 9.10. The third kappa shape index (κ3) is 5.26. The largest absolute Gasteiger partial charge is 0.326 e. The molecule has 0 unspecified atom stereocenters. The van der Waals surface area contributed by atoms with Crippen molar-refractivity contribution >= 4 is 35.1 Å². The van der Waals surface area contributed by atoms with E-state index in [0.29, 0.717) is 6.42 Å². The van der Waals surface area contributed by atoms with Crippen molar-refractivity contribution in [3.8, 4) is 0 Å². The minimum Gasteiger partial charge on any atom is -0.326 e. The molecule has 4 heteroatoms. The zero-order valence-electron chi connectivity index (χ0n) is 16.6. The van der Waals surface area contributed by atoms with E-state index in [1.165, 1.54) is 28.2 Å². The predicted molar refractivity (Wildman–Crippen MR) is 125 cm³/mol. The van der Waals surface area contributed by atoms with Gasteiger partial charge in [-0.3, -0.25) is 4.79 Å². The first-order valence-electron chi connectivity index (χ1n) is 10.0. The molecule has 1 saturated carbocycles. The average molecular weight is 420 g/mol. The molecular formula is C25H25NOS2.